The fraction of sp³-hybridized carbons (Fsp3) is 1.00. The molecule has 3 aliphatic rings. The third-order valence-electron chi connectivity index (χ3n) is 7.36. The predicted octanol–water partition coefficient (Wildman–Crippen LogP) is 5.70. The summed E-state index contributed by atoms with van der Waals surface area (Å²) in [5.74, 6) is 2.11. The van der Waals surface area contributed by atoms with Crippen LogP contribution in [0.2, 0.25) is 11.1 Å². The molecule has 3 unspecified atom stereocenters. The minimum absolute atomic E-state index is 0.431. The van der Waals surface area contributed by atoms with Crippen LogP contribution in [-0.2, 0) is 9.16 Å². The summed E-state index contributed by atoms with van der Waals surface area (Å²) in [6.07, 6.45) is 16.2. The van der Waals surface area contributed by atoms with Gasteiger partial charge in [-0.3, -0.25) is 0 Å². The summed E-state index contributed by atoms with van der Waals surface area (Å²) in [4.78, 5) is 0. The average molecular weight is 353 g/mol. The van der Waals surface area contributed by atoms with E-state index in [0.717, 1.165) is 29.5 Å². The van der Waals surface area contributed by atoms with Crippen LogP contribution in [0, 0.1) is 17.8 Å². The Labute approximate surface area is 151 Å². The minimum atomic E-state index is -1.05. The van der Waals surface area contributed by atoms with Gasteiger partial charge in [0.25, 0.3) is 0 Å². The van der Waals surface area contributed by atoms with Gasteiger partial charge in [-0.25, -0.2) is 0 Å². The Balaban J connectivity index is 1.60. The van der Waals surface area contributed by atoms with E-state index in [4.69, 9.17) is 9.16 Å². The van der Waals surface area contributed by atoms with Crippen molar-refractivity contribution in [1.82, 2.24) is 0 Å². The Hall–Kier alpha value is 0.137. The Morgan fingerprint density at radius 3 is 1.92 bits per heavy atom. The van der Waals surface area contributed by atoms with Gasteiger partial charge in [0.15, 0.2) is 9.04 Å². The van der Waals surface area contributed by atoms with Crippen molar-refractivity contribution in [2.24, 2.45) is 17.8 Å². The van der Waals surface area contributed by atoms with Crippen LogP contribution in [0.3, 0.4) is 0 Å². The zero-order valence-electron chi connectivity index (χ0n) is 16.3. The monoisotopic (exact) mass is 352 g/mol. The van der Waals surface area contributed by atoms with E-state index in [-0.39, 0.29) is 0 Å². The molecule has 0 amide bonds. The molecule has 3 fully saturated rings. The number of ether oxygens (including phenoxy) is 1. The van der Waals surface area contributed by atoms with E-state index < -0.39 is 9.04 Å². The van der Waals surface area contributed by atoms with Crippen molar-refractivity contribution in [3.05, 3.63) is 0 Å². The van der Waals surface area contributed by atoms with Crippen LogP contribution in [0.25, 0.3) is 0 Å². The smallest absolute Gasteiger partial charge is 0.183 e. The lowest BCUT2D eigenvalue weighted by atomic mass is 9.74. The molecule has 3 heteroatoms. The van der Waals surface area contributed by atoms with E-state index >= 15 is 0 Å². The van der Waals surface area contributed by atoms with E-state index in [9.17, 15) is 0 Å². The Morgan fingerprint density at radius 1 is 0.833 bits per heavy atom. The first-order valence-electron chi connectivity index (χ1n) is 10.8. The van der Waals surface area contributed by atoms with Gasteiger partial charge in [0, 0.05) is 19.6 Å². The highest BCUT2D eigenvalue weighted by Gasteiger charge is 2.39. The standard InChI is InChI=1S/C21H40O2Si/c1-16(2)20-14-8-9-17(21(20)22-3)15-23-24(18-10-4-5-11-18)19-12-6-7-13-19/h16-21,24H,4-15H2,1-3H3. The fourth-order valence-corrected chi connectivity index (χ4v) is 10.1. The van der Waals surface area contributed by atoms with Crippen molar-refractivity contribution in [2.45, 2.75) is 102 Å². The van der Waals surface area contributed by atoms with Crippen LogP contribution < -0.4 is 0 Å². The molecule has 2 nitrogen and oxygen atoms in total. The Kier molecular flexibility index (Phi) is 7.24. The molecule has 0 aliphatic heterocycles. The molecular formula is C21H40O2Si. The van der Waals surface area contributed by atoms with Crippen LogP contribution in [0.1, 0.15) is 84.5 Å². The molecule has 3 rings (SSSR count). The molecular weight excluding hydrogens is 312 g/mol. The van der Waals surface area contributed by atoms with Crippen LogP contribution >= 0.6 is 0 Å². The van der Waals surface area contributed by atoms with Crippen LogP contribution in [-0.4, -0.2) is 28.9 Å². The van der Waals surface area contributed by atoms with E-state index in [1.165, 1.54) is 70.6 Å². The van der Waals surface area contributed by atoms with Gasteiger partial charge < -0.3 is 9.16 Å². The van der Waals surface area contributed by atoms with Crippen molar-refractivity contribution >= 4 is 9.04 Å². The predicted molar refractivity (Wildman–Crippen MR) is 104 cm³/mol. The van der Waals surface area contributed by atoms with E-state index in [1.54, 1.807) is 0 Å². The highest BCUT2D eigenvalue weighted by atomic mass is 28.3. The van der Waals surface area contributed by atoms with Gasteiger partial charge in [-0.2, -0.15) is 0 Å². The first-order valence-corrected chi connectivity index (χ1v) is 12.7. The first kappa shape index (κ1) is 18.9. The summed E-state index contributed by atoms with van der Waals surface area (Å²) in [6, 6.07) is 0. The quantitative estimate of drug-likeness (QED) is 0.547. The van der Waals surface area contributed by atoms with E-state index in [1.807, 2.05) is 7.11 Å². The molecule has 0 aromatic heterocycles. The molecule has 0 aromatic carbocycles. The lowest BCUT2D eigenvalue weighted by Gasteiger charge is -2.40. The maximum atomic E-state index is 6.87. The lowest BCUT2D eigenvalue weighted by Crippen LogP contribution is -2.41. The molecule has 0 aromatic rings. The fourth-order valence-electron chi connectivity index (χ4n) is 6.02. The van der Waals surface area contributed by atoms with Gasteiger partial charge in [-0.15, -0.1) is 0 Å². The van der Waals surface area contributed by atoms with Gasteiger partial charge in [-0.05, 0) is 35.8 Å². The second-order valence-electron chi connectivity index (χ2n) is 9.19. The summed E-state index contributed by atoms with van der Waals surface area (Å²) in [5.41, 5.74) is 1.97. The molecule has 3 atom stereocenters. The van der Waals surface area contributed by atoms with Crippen molar-refractivity contribution in [2.75, 3.05) is 13.7 Å². The molecule has 3 aliphatic carbocycles. The van der Waals surface area contributed by atoms with Gasteiger partial charge >= 0.3 is 0 Å². The molecule has 0 spiro atoms. The molecule has 140 valence electrons. The molecule has 0 radical (unpaired) electrons. The molecule has 0 N–H and O–H groups in total. The van der Waals surface area contributed by atoms with Crippen LogP contribution in [0.15, 0.2) is 0 Å². The molecule has 3 saturated carbocycles. The maximum Gasteiger partial charge on any atom is 0.183 e. The molecule has 0 bridgehead atoms. The third-order valence-corrected chi connectivity index (χ3v) is 11.1. The molecule has 24 heavy (non-hydrogen) atoms. The summed E-state index contributed by atoms with van der Waals surface area (Å²) >= 11 is 0. The summed E-state index contributed by atoms with van der Waals surface area (Å²) in [6.45, 7) is 5.74. The van der Waals surface area contributed by atoms with Gasteiger partial charge in [0.1, 0.15) is 0 Å². The lowest BCUT2D eigenvalue weighted by molar-refractivity contribution is -0.0496. The zero-order chi connectivity index (χ0) is 16.9. The maximum absolute atomic E-state index is 6.87. The second kappa shape index (κ2) is 9.18. The normalized spacial score (nSPS) is 33.1. The summed E-state index contributed by atoms with van der Waals surface area (Å²) < 4.78 is 12.9. The number of rotatable bonds is 7. The van der Waals surface area contributed by atoms with Crippen molar-refractivity contribution < 1.29 is 9.16 Å². The van der Waals surface area contributed by atoms with Gasteiger partial charge in [0.2, 0.25) is 0 Å². The second-order valence-corrected chi connectivity index (χ2v) is 12.3. The first-order chi connectivity index (χ1) is 11.7. The van der Waals surface area contributed by atoms with Crippen LogP contribution in [0.4, 0.5) is 0 Å². The summed E-state index contributed by atoms with van der Waals surface area (Å²) in [7, 11) is 0.883. The van der Waals surface area contributed by atoms with E-state index in [2.05, 4.69) is 13.8 Å². The number of hydrogen-bond acceptors (Lipinski definition) is 2. The van der Waals surface area contributed by atoms with Gasteiger partial charge in [-0.1, -0.05) is 71.6 Å². The van der Waals surface area contributed by atoms with Crippen molar-refractivity contribution in [1.29, 1.82) is 0 Å². The number of hydrogen-bond donors (Lipinski definition) is 0. The van der Waals surface area contributed by atoms with Crippen molar-refractivity contribution in [3.63, 3.8) is 0 Å². The molecule has 0 saturated heterocycles. The Bertz CT molecular complexity index is 345. The topological polar surface area (TPSA) is 18.5 Å². The third kappa shape index (κ3) is 4.45. The van der Waals surface area contributed by atoms with E-state index in [0.29, 0.717) is 12.0 Å². The SMILES string of the molecule is COC1C(CO[SiH](C2CCCC2)C2CCCC2)CCCC1C(C)C. The van der Waals surface area contributed by atoms with Crippen molar-refractivity contribution in [3.8, 4) is 0 Å². The average Bonchev–Trinajstić information content (AvgIpc) is 3.28. The minimum Gasteiger partial charge on any atom is -0.419 e. The van der Waals surface area contributed by atoms with Crippen LogP contribution in [0.5, 0.6) is 0 Å². The summed E-state index contributed by atoms with van der Waals surface area (Å²) in [5, 5.41) is 0. The number of methoxy groups -OCH3 is 1. The van der Waals surface area contributed by atoms with Gasteiger partial charge in [0.05, 0.1) is 6.10 Å². The highest BCUT2D eigenvalue weighted by Crippen LogP contribution is 2.44. The highest BCUT2D eigenvalue weighted by molar-refractivity contribution is 6.55. The largest absolute Gasteiger partial charge is 0.419 e. The molecule has 0 heterocycles. The Morgan fingerprint density at radius 2 is 1.42 bits per heavy atom. The zero-order valence-corrected chi connectivity index (χ0v) is 17.5.